The van der Waals surface area contributed by atoms with Crippen LogP contribution in [0.15, 0.2) is 36.9 Å². The van der Waals surface area contributed by atoms with Crippen molar-refractivity contribution in [1.29, 1.82) is 0 Å². The fraction of sp³-hybridized carbons (Fsp3) is 0.421. The summed E-state index contributed by atoms with van der Waals surface area (Å²) in [5.74, 6) is 0.676. The minimum Gasteiger partial charge on any atom is -0.352 e. The van der Waals surface area contributed by atoms with E-state index in [4.69, 9.17) is 0 Å². The Bertz CT molecular complexity index is 773. The van der Waals surface area contributed by atoms with E-state index in [0.717, 1.165) is 17.8 Å². The third kappa shape index (κ3) is 4.78. The lowest BCUT2D eigenvalue weighted by Crippen LogP contribution is -2.48. The Morgan fingerprint density at radius 1 is 1.07 bits per heavy atom. The summed E-state index contributed by atoms with van der Waals surface area (Å²) in [6.45, 7) is 4.96. The molecule has 27 heavy (non-hydrogen) atoms. The molecule has 2 amide bonds. The van der Waals surface area contributed by atoms with Crippen LogP contribution in [0.1, 0.15) is 23.0 Å². The summed E-state index contributed by atoms with van der Waals surface area (Å²) in [5, 5.41) is 0. The zero-order chi connectivity index (χ0) is 19.2. The van der Waals surface area contributed by atoms with E-state index >= 15 is 0 Å². The molecule has 0 aromatic carbocycles. The molecule has 0 bridgehead atoms. The van der Waals surface area contributed by atoms with Crippen molar-refractivity contribution < 1.29 is 9.59 Å². The summed E-state index contributed by atoms with van der Waals surface area (Å²) >= 11 is 0. The van der Waals surface area contributed by atoms with Crippen LogP contribution in [0, 0.1) is 0 Å². The number of aromatic nitrogens is 3. The normalized spacial score (nSPS) is 14.1. The monoisotopic (exact) mass is 368 g/mol. The van der Waals surface area contributed by atoms with Gasteiger partial charge in [0.1, 0.15) is 11.5 Å². The van der Waals surface area contributed by atoms with Crippen LogP contribution < -0.4 is 4.90 Å². The van der Waals surface area contributed by atoms with Gasteiger partial charge in [0.25, 0.3) is 5.91 Å². The fourth-order valence-electron chi connectivity index (χ4n) is 2.99. The molecule has 0 unspecified atom stereocenters. The number of piperazine rings is 1. The number of carbonyl (C=O) groups excluding carboxylic acids is 2. The van der Waals surface area contributed by atoms with Gasteiger partial charge in [-0.05, 0) is 24.1 Å². The lowest BCUT2D eigenvalue weighted by molar-refractivity contribution is -0.129. The molecule has 142 valence electrons. The van der Waals surface area contributed by atoms with Gasteiger partial charge in [-0.15, -0.1) is 0 Å². The van der Waals surface area contributed by atoms with E-state index < -0.39 is 0 Å². The van der Waals surface area contributed by atoms with E-state index in [1.165, 1.54) is 6.20 Å². The third-order valence-electron chi connectivity index (χ3n) is 4.74. The molecule has 1 aliphatic rings. The Balaban J connectivity index is 1.55. The van der Waals surface area contributed by atoms with Crippen molar-refractivity contribution >= 4 is 17.6 Å². The predicted molar refractivity (Wildman–Crippen MR) is 101 cm³/mol. The van der Waals surface area contributed by atoms with Crippen molar-refractivity contribution in [2.75, 3.05) is 44.7 Å². The summed E-state index contributed by atoms with van der Waals surface area (Å²) in [7, 11) is 1.76. The van der Waals surface area contributed by atoms with Crippen molar-refractivity contribution in [2.45, 2.75) is 13.3 Å². The molecule has 2 aromatic heterocycles. The first kappa shape index (κ1) is 18.8. The highest BCUT2D eigenvalue weighted by molar-refractivity contribution is 5.91. The number of likely N-dealkylation sites (N-methyl/N-ethyl adjacent to an activating group) is 1. The molecule has 2 aromatic rings. The first-order valence-electron chi connectivity index (χ1n) is 9.01. The topological polar surface area (TPSA) is 82.5 Å². The van der Waals surface area contributed by atoms with E-state index in [-0.39, 0.29) is 11.8 Å². The predicted octanol–water partition coefficient (Wildman–Crippen LogP) is 0.855. The minimum atomic E-state index is -0.149. The zero-order valence-corrected chi connectivity index (χ0v) is 15.7. The molecule has 0 atom stereocenters. The zero-order valence-electron chi connectivity index (χ0n) is 15.7. The molecule has 1 aliphatic heterocycles. The molecule has 3 rings (SSSR count). The standard InChI is InChI=1S/C19H24N6O2/c1-15(26)24-9-11-25(12-10-24)18-14-21-17(13-22-18)19(27)23(2)8-5-16-3-6-20-7-4-16/h3-4,6-7,13-14H,5,8-12H2,1-2H3. The van der Waals surface area contributed by atoms with Crippen molar-refractivity contribution in [3.63, 3.8) is 0 Å². The molecule has 0 N–H and O–H groups in total. The second kappa shape index (κ2) is 8.57. The highest BCUT2D eigenvalue weighted by Crippen LogP contribution is 2.13. The van der Waals surface area contributed by atoms with Gasteiger partial charge < -0.3 is 14.7 Å². The Morgan fingerprint density at radius 3 is 2.37 bits per heavy atom. The van der Waals surface area contributed by atoms with E-state index in [1.807, 2.05) is 17.0 Å². The number of pyridine rings is 1. The lowest BCUT2D eigenvalue weighted by atomic mass is 10.2. The second-order valence-electron chi connectivity index (χ2n) is 6.59. The van der Waals surface area contributed by atoms with Gasteiger partial charge in [0.15, 0.2) is 0 Å². The fourth-order valence-corrected chi connectivity index (χ4v) is 2.99. The van der Waals surface area contributed by atoms with E-state index in [9.17, 15) is 9.59 Å². The Hall–Kier alpha value is -3.03. The molecular weight excluding hydrogens is 344 g/mol. The quantitative estimate of drug-likeness (QED) is 0.778. The first-order chi connectivity index (χ1) is 13.0. The Kier molecular flexibility index (Phi) is 5.95. The van der Waals surface area contributed by atoms with E-state index in [2.05, 4.69) is 19.9 Å². The molecule has 1 saturated heterocycles. The largest absolute Gasteiger partial charge is 0.352 e. The molecule has 1 fully saturated rings. The summed E-state index contributed by atoms with van der Waals surface area (Å²) in [6.07, 6.45) is 7.41. The van der Waals surface area contributed by atoms with Crippen LogP contribution >= 0.6 is 0 Å². The number of anilines is 1. The number of amides is 2. The van der Waals surface area contributed by atoms with Crippen LogP contribution in [0.2, 0.25) is 0 Å². The van der Waals surface area contributed by atoms with Gasteiger partial charge in [0.05, 0.1) is 12.4 Å². The summed E-state index contributed by atoms with van der Waals surface area (Å²) < 4.78 is 0. The molecule has 0 saturated carbocycles. The average molecular weight is 368 g/mol. The van der Waals surface area contributed by atoms with Crippen molar-refractivity contribution in [2.24, 2.45) is 0 Å². The Labute approximate surface area is 158 Å². The summed E-state index contributed by atoms with van der Waals surface area (Å²) in [4.78, 5) is 42.2. The number of hydrogen-bond acceptors (Lipinski definition) is 6. The van der Waals surface area contributed by atoms with Crippen LogP contribution in [0.3, 0.4) is 0 Å². The number of rotatable bonds is 5. The van der Waals surface area contributed by atoms with Crippen molar-refractivity contribution in [3.05, 3.63) is 48.2 Å². The van der Waals surface area contributed by atoms with E-state index in [0.29, 0.717) is 38.4 Å². The van der Waals surface area contributed by atoms with Crippen molar-refractivity contribution in [1.82, 2.24) is 24.8 Å². The van der Waals surface area contributed by atoms with Crippen LogP contribution in [0.25, 0.3) is 0 Å². The van der Waals surface area contributed by atoms with Gasteiger partial charge in [-0.25, -0.2) is 9.97 Å². The maximum absolute atomic E-state index is 12.5. The summed E-state index contributed by atoms with van der Waals surface area (Å²) in [6, 6.07) is 3.89. The van der Waals surface area contributed by atoms with Crippen LogP contribution in [-0.2, 0) is 11.2 Å². The van der Waals surface area contributed by atoms with Gasteiger partial charge in [-0.1, -0.05) is 0 Å². The molecule has 0 spiro atoms. The number of hydrogen-bond donors (Lipinski definition) is 0. The number of nitrogens with zero attached hydrogens (tertiary/aromatic N) is 6. The smallest absolute Gasteiger partial charge is 0.273 e. The average Bonchev–Trinajstić information content (AvgIpc) is 2.72. The van der Waals surface area contributed by atoms with E-state index in [1.54, 1.807) is 37.5 Å². The first-order valence-corrected chi connectivity index (χ1v) is 9.01. The number of carbonyl (C=O) groups is 2. The van der Waals surface area contributed by atoms with Gasteiger partial charge in [-0.2, -0.15) is 0 Å². The summed E-state index contributed by atoms with van der Waals surface area (Å²) in [5.41, 5.74) is 1.47. The van der Waals surface area contributed by atoms with Crippen LogP contribution in [0.5, 0.6) is 0 Å². The van der Waals surface area contributed by atoms with Crippen LogP contribution in [0.4, 0.5) is 5.82 Å². The molecule has 8 nitrogen and oxygen atoms in total. The SMILES string of the molecule is CC(=O)N1CCN(c2cnc(C(=O)N(C)CCc3ccncc3)cn2)CC1. The van der Waals surface area contributed by atoms with Gasteiger partial charge >= 0.3 is 0 Å². The van der Waals surface area contributed by atoms with Crippen molar-refractivity contribution in [3.8, 4) is 0 Å². The molecule has 3 heterocycles. The second-order valence-corrected chi connectivity index (χ2v) is 6.59. The Morgan fingerprint density at radius 2 is 1.78 bits per heavy atom. The van der Waals surface area contributed by atoms with Gasteiger partial charge in [0.2, 0.25) is 5.91 Å². The third-order valence-corrected chi connectivity index (χ3v) is 4.74. The lowest BCUT2D eigenvalue weighted by Gasteiger charge is -2.34. The molecule has 0 radical (unpaired) electrons. The molecule has 8 heteroatoms. The maximum Gasteiger partial charge on any atom is 0.273 e. The minimum absolute atomic E-state index is 0.0940. The van der Waals surface area contributed by atoms with Gasteiger partial charge in [0, 0.05) is 59.1 Å². The van der Waals surface area contributed by atoms with Crippen LogP contribution in [-0.4, -0.2) is 76.3 Å². The highest BCUT2D eigenvalue weighted by Gasteiger charge is 2.20. The molecular formula is C19H24N6O2. The van der Waals surface area contributed by atoms with Gasteiger partial charge in [-0.3, -0.25) is 14.6 Å². The maximum atomic E-state index is 12.5. The molecule has 0 aliphatic carbocycles. The highest BCUT2D eigenvalue weighted by atomic mass is 16.2.